The Labute approximate surface area is 185 Å². The predicted molar refractivity (Wildman–Crippen MR) is 116 cm³/mol. The molecule has 3 aliphatic heterocycles. The van der Waals surface area contributed by atoms with Crippen LogP contribution in [0.1, 0.15) is 53.4 Å². The van der Waals surface area contributed by atoms with Gasteiger partial charge in [-0.1, -0.05) is 27.7 Å². The Morgan fingerprint density at radius 2 is 1.74 bits per heavy atom. The van der Waals surface area contributed by atoms with E-state index in [0.29, 0.717) is 52.0 Å². The van der Waals surface area contributed by atoms with E-state index in [1.807, 2.05) is 27.7 Å². The smallest absolute Gasteiger partial charge is 0.325 e. The molecule has 1 unspecified atom stereocenters. The van der Waals surface area contributed by atoms with E-state index in [2.05, 4.69) is 10.2 Å². The molecule has 3 fully saturated rings. The number of urea groups is 1. The molecule has 0 aromatic heterocycles. The largest absolute Gasteiger partial charge is 0.342 e. The summed E-state index contributed by atoms with van der Waals surface area (Å²) in [5.41, 5.74) is -0.918. The third kappa shape index (κ3) is 4.71. The van der Waals surface area contributed by atoms with Gasteiger partial charge in [-0.05, 0) is 38.8 Å². The molecule has 3 heterocycles. The molecule has 0 saturated carbocycles. The maximum atomic E-state index is 13.4. The van der Waals surface area contributed by atoms with Crippen LogP contribution in [-0.4, -0.2) is 101 Å². The van der Waals surface area contributed by atoms with Gasteiger partial charge in [-0.3, -0.25) is 24.2 Å². The van der Waals surface area contributed by atoms with Crippen molar-refractivity contribution in [2.75, 3.05) is 45.8 Å². The number of carbonyl (C=O) groups is 4. The number of carbonyl (C=O) groups excluding carboxylic acids is 4. The highest BCUT2D eigenvalue weighted by Crippen LogP contribution is 2.32. The minimum absolute atomic E-state index is 0.0515. The van der Waals surface area contributed by atoms with Crippen LogP contribution in [0.4, 0.5) is 4.79 Å². The third-order valence-electron chi connectivity index (χ3n) is 6.98. The Hall–Kier alpha value is -2.16. The van der Waals surface area contributed by atoms with E-state index < -0.39 is 5.54 Å². The standard InChI is InChI=1S/C22H37N5O4/c1-5-24(6-2)15-18(28)26-11-7-8-17(14-26)27-20(30)22(23-21(27)31)9-12-25(13-10-22)19(29)16(3)4/h16-17H,5-15H2,1-4H3,(H,23,31). The molecular formula is C22H37N5O4. The normalized spacial score (nSPS) is 23.8. The Morgan fingerprint density at radius 3 is 2.32 bits per heavy atom. The average Bonchev–Trinajstić information content (AvgIpc) is 3.00. The minimum Gasteiger partial charge on any atom is -0.342 e. The summed E-state index contributed by atoms with van der Waals surface area (Å²) in [6.45, 7) is 11.8. The second-order valence-electron chi connectivity index (χ2n) is 9.26. The average molecular weight is 436 g/mol. The van der Waals surface area contributed by atoms with Gasteiger partial charge in [-0.2, -0.15) is 0 Å². The van der Waals surface area contributed by atoms with Gasteiger partial charge in [0.15, 0.2) is 0 Å². The van der Waals surface area contributed by atoms with Crippen molar-refractivity contribution in [3.05, 3.63) is 0 Å². The second kappa shape index (κ2) is 9.54. The molecule has 1 atom stereocenters. The molecule has 3 aliphatic rings. The van der Waals surface area contributed by atoms with E-state index >= 15 is 0 Å². The van der Waals surface area contributed by atoms with Crippen molar-refractivity contribution in [3.63, 3.8) is 0 Å². The fourth-order valence-corrected chi connectivity index (χ4v) is 4.92. The first-order valence-electron chi connectivity index (χ1n) is 11.7. The Kier molecular flexibility index (Phi) is 7.24. The van der Waals surface area contributed by atoms with E-state index in [-0.39, 0.29) is 35.7 Å². The molecule has 9 nitrogen and oxygen atoms in total. The first-order valence-corrected chi connectivity index (χ1v) is 11.7. The zero-order valence-electron chi connectivity index (χ0n) is 19.4. The minimum atomic E-state index is -0.918. The molecule has 0 aromatic carbocycles. The zero-order chi connectivity index (χ0) is 22.8. The summed E-state index contributed by atoms with van der Waals surface area (Å²) in [5, 5.41) is 2.94. The van der Waals surface area contributed by atoms with Crippen molar-refractivity contribution in [1.82, 2.24) is 24.9 Å². The van der Waals surface area contributed by atoms with Gasteiger partial charge in [0.05, 0.1) is 12.6 Å². The molecule has 1 N–H and O–H groups in total. The highest BCUT2D eigenvalue weighted by Gasteiger charge is 2.55. The number of imide groups is 1. The lowest BCUT2D eigenvalue weighted by atomic mass is 9.86. The number of hydrogen-bond donors (Lipinski definition) is 1. The molecular weight excluding hydrogens is 398 g/mol. The van der Waals surface area contributed by atoms with Gasteiger partial charge in [0.1, 0.15) is 5.54 Å². The first kappa shape index (κ1) is 23.5. The van der Waals surface area contributed by atoms with Crippen LogP contribution in [0.15, 0.2) is 0 Å². The number of nitrogens with zero attached hydrogens (tertiary/aromatic N) is 4. The Balaban J connectivity index is 1.64. The number of amides is 5. The van der Waals surface area contributed by atoms with Crippen molar-refractivity contribution in [1.29, 1.82) is 0 Å². The molecule has 0 bridgehead atoms. The maximum absolute atomic E-state index is 13.4. The number of nitrogens with one attached hydrogen (secondary N) is 1. The van der Waals surface area contributed by atoms with Gasteiger partial charge in [0.2, 0.25) is 11.8 Å². The van der Waals surface area contributed by atoms with E-state index in [4.69, 9.17) is 0 Å². The number of likely N-dealkylation sites (tertiary alicyclic amines) is 2. The summed E-state index contributed by atoms with van der Waals surface area (Å²) in [6.07, 6.45) is 2.35. The van der Waals surface area contributed by atoms with Gasteiger partial charge < -0.3 is 15.1 Å². The van der Waals surface area contributed by atoms with Crippen LogP contribution in [-0.2, 0) is 14.4 Å². The molecule has 9 heteroatoms. The highest BCUT2D eigenvalue weighted by molar-refractivity contribution is 6.07. The molecule has 1 spiro atoms. The van der Waals surface area contributed by atoms with E-state index in [0.717, 1.165) is 19.5 Å². The lowest BCUT2D eigenvalue weighted by molar-refractivity contribution is -0.142. The van der Waals surface area contributed by atoms with Gasteiger partial charge in [0.25, 0.3) is 5.91 Å². The molecule has 0 aliphatic carbocycles. The summed E-state index contributed by atoms with van der Waals surface area (Å²) in [4.78, 5) is 58.2. The summed E-state index contributed by atoms with van der Waals surface area (Å²) in [7, 11) is 0. The third-order valence-corrected chi connectivity index (χ3v) is 6.98. The van der Waals surface area contributed by atoms with E-state index in [9.17, 15) is 19.2 Å². The van der Waals surface area contributed by atoms with Crippen LogP contribution < -0.4 is 5.32 Å². The number of hydrogen-bond acceptors (Lipinski definition) is 5. The van der Waals surface area contributed by atoms with Gasteiger partial charge in [-0.25, -0.2) is 4.79 Å². The first-order chi connectivity index (χ1) is 14.7. The topological polar surface area (TPSA) is 93.3 Å². The summed E-state index contributed by atoms with van der Waals surface area (Å²) in [6, 6.07) is -0.659. The van der Waals surface area contributed by atoms with Crippen molar-refractivity contribution in [2.24, 2.45) is 5.92 Å². The molecule has 5 amide bonds. The van der Waals surface area contributed by atoms with E-state index in [1.54, 1.807) is 9.80 Å². The predicted octanol–water partition coefficient (Wildman–Crippen LogP) is 0.888. The molecule has 174 valence electrons. The van der Waals surface area contributed by atoms with Crippen molar-refractivity contribution in [3.8, 4) is 0 Å². The van der Waals surface area contributed by atoms with Gasteiger partial charge >= 0.3 is 6.03 Å². The van der Waals surface area contributed by atoms with Crippen LogP contribution in [0.3, 0.4) is 0 Å². The fourth-order valence-electron chi connectivity index (χ4n) is 4.92. The lowest BCUT2D eigenvalue weighted by Gasteiger charge is -2.39. The molecule has 3 rings (SSSR count). The summed E-state index contributed by atoms with van der Waals surface area (Å²) < 4.78 is 0. The van der Waals surface area contributed by atoms with Crippen LogP contribution in [0.2, 0.25) is 0 Å². The Morgan fingerprint density at radius 1 is 1.10 bits per heavy atom. The van der Waals surface area contributed by atoms with Crippen molar-refractivity contribution >= 4 is 23.8 Å². The summed E-state index contributed by atoms with van der Waals surface area (Å²) in [5.74, 6) is -0.146. The highest BCUT2D eigenvalue weighted by atomic mass is 16.2. The number of likely N-dealkylation sites (N-methyl/N-ethyl adjacent to an activating group) is 1. The lowest BCUT2D eigenvalue weighted by Crippen LogP contribution is -2.57. The van der Waals surface area contributed by atoms with Crippen LogP contribution in [0.25, 0.3) is 0 Å². The molecule has 3 saturated heterocycles. The number of rotatable bonds is 6. The van der Waals surface area contributed by atoms with Gasteiger partial charge in [0, 0.05) is 32.1 Å². The monoisotopic (exact) mass is 435 g/mol. The quantitative estimate of drug-likeness (QED) is 0.626. The Bertz CT molecular complexity index is 713. The molecule has 0 radical (unpaired) electrons. The maximum Gasteiger partial charge on any atom is 0.325 e. The number of piperidine rings is 2. The van der Waals surface area contributed by atoms with E-state index in [1.165, 1.54) is 4.90 Å². The van der Waals surface area contributed by atoms with Crippen molar-refractivity contribution in [2.45, 2.75) is 65.0 Å². The van der Waals surface area contributed by atoms with Crippen LogP contribution in [0.5, 0.6) is 0 Å². The SMILES string of the molecule is CCN(CC)CC(=O)N1CCCC(N2C(=O)NC3(CCN(C(=O)C(C)C)CC3)C2=O)C1. The van der Waals surface area contributed by atoms with Crippen LogP contribution in [0, 0.1) is 5.92 Å². The molecule has 31 heavy (non-hydrogen) atoms. The molecule has 0 aromatic rings. The fraction of sp³-hybridized carbons (Fsp3) is 0.818. The van der Waals surface area contributed by atoms with Gasteiger partial charge in [-0.15, -0.1) is 0 Å². The van der Waals surface area contributed by atoms with Crippen molar-refractivity contribution < 1.29 is 19.2 Å². The summed E-state index contributed by atoms with van der Waals surface area (Å²) >= 11 is 0. The second-order valence-corrected chi connectivity index (χ2v) is 9.26. The zero-order valence-corrected chi connectivity index (χ0v) is 19.4. The van der Waals surface area contributed by atoms with Crippen LogP contribution >= 0.6 is 0 Å².